The van der Waals surface area contributed by atoms with Crippen LogP contribution in [-0.4, -0.2) is 42.7 Å². The molecule has 1 rings (SSSR count). The lowest BCUT2D eigenvalue weighted by Gasteiger charge is -2.31. The van der Waals surface area contributed by atoms with Gasteiger partial charge in [0.2, 0.25) is 0 Å². The summed E-state index contributed by atoms with van der Waals surface area (Å²) in [5.41, 5.74) is 0. The minimum absolute atomic E-state index is 0.000909. The van der Waals surface area contributed by atoms with Crippen molar-refractivity contribution in [3.63, 3.8) is 0 Å². The number of carbonyl (C=O) groups excluding carboxylic acids is 2. The molecule has 0 aliphatic heterocycles. The third-order valence-electron chi connectivity index (χ3n) is 3.45. The van der Waals surface area contributed by atoms with E-state index in [0.29, 0.717) is 0 Å². The van der Waals surface area contributed by atoms with Crippen LogP contribution in [0.4, 0.5) is 35.1 Å². The molecule has 0 radical (unpaired) electrons. The van der Waals surface area contributed by atoms with Crippen molar-refractivity contribution in [3.05, 3.63) is 28.2 Å². The van der Waals surface area contributed by atoms with Crippen LogP contribution in [-0.2, 0) is 14.3 Å². The predicted octanol–water partition coefficient (Wildman–Crippen LogP) is 5.78. The van der Waals surface area contributed by atoms with E-state index in [1.54, 1.807) is 0 Å². The highest BCUT2D eigenvalue weighted by atomic mass is 35.5. The molecule has 14 heteroatoms. The molecule has 0 amide bonds. The highest BCUT2D eigenvalue weighted by Gasteiger charge is 2.75. The fourth-order valence-electron chi connectivity index (χ4n) is 1.82. The van der Waals surface area contributed by atoms with Crippen molar-refractivity contribution >= 4 is 35.1 Å². The molecule has 30 heavy (non-hydrogen) atoms. The molecular weight excluding hydrogens is 479 g/mol. The molecule has 170 valence electrons. The van der Waals surface area contributed by atoms with E-state index in [1.165, 1.54) is 18.2 Å². The summed E-state index contributed by atoms with van der Waals surface area (Å²) >= 11 is 11.4. The molecule has 0 fully saturated rings. The quantitative estimate of drug-likeness (QED) is 0.237. The third kappa shape index (κ3) is 6.34. The Balaban J connectivity index is 2.50. The SMILES string of the molecule is O=C(CCCC(=O)Oc1ccc(Cl)cc1Cl)OCC(F)(F)C(F)(F)C(F)(F)C(F)F. The van der Waals surface area contributed by atoms with Crippen LogP contribution in [0.1, 0.15) is 19.3 Å². The topological polar surface area (TPSA) is 52.6 Å². The van der Waals surface area contributed by atoms with Crippen molar-refractivity contribution in [3.8, 4) is 5.75 Å². The first-order valence-electron chi connectivity index (χ1n) is 7.84. The van der Waals surface area contributed by atoms with Crippen LogP contribution in [0, 0.1) is 0 Å². The van der Waals surface area contributed by atoms with Gasteiger partial charge in [0.25, 0.3) is 0 Å². The number of ether oxygens (including phenoxy) is 2. The van der Waals surface area contributed by atoms with Crippen molar-refractivity contribution in [1.82, 2.24) is 0 Å². The summed E-state index contributed by atoms with van der Waals surface area (Å²) in [5, 5.41) is 0.259. The molecule has 4 nitrogen and oxygen atoms in total. The molecule has 0 aromatic heterocycles. The molecule has 0 unspecified atom stereocenters. The van der Waals surface area contributed by atoms with Gasteiger partial charge in [0.1, 0.15) is 5.75 Å². The van der Waals surface area contributed by atoms with Gasteiger partial charge in [-0.1, -0.05) is 23.2 Å². The Labute approximate surface area is 174 Å². The molecule has 0 saturated carbocycles. The molecule has 0 aliphatic rings. The number of halogens is 10. The third-order valence-corrected chi connectivity index (χ3v) is 3.98. The summed E-state index contributed by atoms with van der Waals surface area (Å²) in [6.45, 7) is -2.56. The highest BCUT2D eigenvalue weighted by Crippen LogP contribution is 2.48. The van der Waals surface area contributed by atoms with Crippen LogP contribution in [0.2, 0.25) is 10.0 Å². The number of hydrogen-bond donors (Lipinski definition) is 0. The Morgan fingerprint density at radius 2 is 1.53 bits per heavy atom. The van der Waals surface area contributed by atoms with Gasteiger partial charge in [0.05, 0.1) is 5.02 Å². The van der Waals surface area contributed by atoms with Gasteiger partial charge < -0.3 is 9.47 Å². The maximum atomic E-state index is 13.2. The maximum Gasteiger partial charge on any atom is 0.381 e. The first-order valence-corrected chi connectivity index (χ1v) is 8.60. The zero-order valence-corrected chi connectivity index (χ0v) is 16.1. The second-order valence-corrected chi connectivity index (χ2v) is 6.61. The van der Waals surface area contributed by atoms with Crippen molar-refractivity contribution in [1.29, 1.82) is 0 Å². The number of alkyl halides is 8. The molecular formula is C16H12Cl2F8O4. The Hall–Kier alpha value is -1.82. The lowest BCUT2D eigenvalue weighted by Crippen LogP contribution is -2.59. The highest BCUT2D eigenvalue weighted by molar-refractivity contribution is 6.35. The zero-order valence-electron chi connectivity index (χ0n) is 14.6. The second kappa shape index (κ2) is 9.99. The van der Waals surface area contributed by atoms with Gasteiger partial charge in [-0.2, -0.15) is 26.3 Å². The molecule has 0 heterocycles. The Bertz CT molecular complexity index is 774. The van der Waals surface area contributed by atoms with Crippen molar-refractivity contribution in [2.24, 2.45) is 0 Å². The fraction of sp³-hybridized carbons (Fsp3) is 0.500. The van der Waals surface area contributed by atoms with E-state index < -0.39 is 55.6 Å². The lowest BCUT2D eigenvalue weighted by molar-refractivity contribution is -0.344. The van der Waals surface area contributed by atoms with E-state index in [1.807, 2.05) is 0 Å². The van der Waals surface area contributed by atoms with Gasteiger partial charge in [-0.05, 0) is 24.6 Å². The summed E-state index contributed by atoms with van der Waals surface area (Å²) in [6, 6.07) is 3.91. The molecule has 0 N–H and O–H groups in total. The first-order chi connectivity index (χ1) is 13.6. The largest absolute Gasteiger partial charge is 0.459 e. The molecule has 0 bridgehead atoms. The van der Waals surface area contributed by atoms with Crippen LogP contribution in [0.15, 0.2) is 18.2 Å². The fourth-order valence-corrected chi connectivity index (χ4v) is 2.27. The van der Waals surface area contributed by atoms with Gasteiger partial charge in [-0.25, -0.2) is 8.78 Å². The zero-order chi connectivity index (χ0) is 23.3. The number of benzene rings is 1. The Morgan fingerprint density at radius 3 is 2.07 bits per heavy atom. The van der Waals surface area contributed by atoms with E-state index in [9.17, 15) is 44.7 Å². The molecule has 0 spiro atoms. The maximum absolute atomic E-state index is 13.2. The Morgan fingerprint density at radius 1 is 0.967 bits per heavy atom. The van der Waals surface area contributed by atoms with Crippen molar-refractivity contribution in [2.45, 2.75) is 43.5 Å². The number of carbonyl (C=O) groups is 2. The van der Waals surface area contributed by atoms with Gasteiger partial charge in [0, 0.05) is 17.9 Å². The molecule has 1 aromatic carbocycles. The van der Waals surface area contributed by atoms with Crippen molar-refractivity contribution in [2.75, 3.05) is 6.61 Å². The van der Waals surface area contributed by atoms with E-state index in [4.69, 9.17) is 27.9 Å². The second-order valence-electron chi connectivity index (χ2n) is 5.77. The standard InChI is InChI=1S/C16H12Cl2F8O4/c17-8-4-5-10(9(18)6-8)30-12(28)3-1-2-11(27)29-7-14(21,22)16(25,26)15(23,24)13(19)20/h4-6,13H,1-3,7H2. The van der Waals surface area contributed by atoms with E-state index >= 15 is 0 Å². The summed E-state index contributed by atoms with van der Waals surface area (Å²) in [7, 11) is 0. The normalized spacial score (nSPS) is 12.8. The van der Waals surface area contributed by atoms with Crippen LogP contribution in [0.5, 0.6) is 5.75 Å². The van der Waals surface area contributed by atoms with E-state index in [-0.39, 0.29) is 22.2 Å². The number of rotatable bonds is 10. The summed E-state index contributed by atoms with van der Waals surface area (Å²) in [5.74, 6) is -21.1. The minimum Gasteiger partial charge on any atom is -0.459 e. The Kier molecular flexibility index (Phi) is 8.73. The predicted molar refractivity (Wildman–Crippen MR) is 87.8 cm³/mol. The van der Waals surface area contributed by atoms with Gasteiger partial charge in [-0.15, -0.1) is 0 Å². The van der Waals surface area contributed by atoms with Gasteiger partial charge >= 0.3 is 36.1 Å². The lowest BCUT2D eigenvalue weighted by atomic mass is 10.1. The average Bonchev–Trinajstić information content (AvgIpc) is 2.62. The summed E-state index contributed by atoms with van der Waals surface area (Å²) in [6.07, 6.45) is -6.63. The van der Waals surface area contributed by atoms with Crippen LogP contribution in [0.3, 0.4) is 0 Å². The van der Waals surface area contributed by atoms with Gasteiger partial charge in [-0.3, -0.25) is 9.59 Å². The van der Waals surface area contributed by atoms with E-state index in [2.05, 4.69) is 4.74 Å². The number of hydrogen-bond acceptors (Lipinski definition) is 4. The number of esters is 2. The summed E-state index contributed by atoms with van der Waals surface area (Å²) in [4.78, 5) is 22.9. The average molecular weight is 491 g/mol. The molecule has 1 aromatic rings. The minimum atomic E-state index is -6.48. The molecule has 0 atom stereocenters. The molecule has 0 saturated heterocycles. The monoisotopic (exact) mass is 490 g/mol. The molecule has 0 aliphatic carbocycles. The summed E-state index contributed by atoms with van der Waals surface area (Å²) < 4.78 is 110. The first kappa shape index (κ1) is 26.2. The van der Waals surface area contributed by atoms with Gasteiger partial charge in [0.15, 0.2) is 6.61 Å². The smallest absolute Gasteiger partial charge is 0.381 e. The van der Waals surface area contributed by atoms with Crippen molar-refractivity contribution < 1.29 is 54.2 Å². The van der Waals surface area contributed by atoms with Crippen LogP contribution >= 0.6 is 23.2 Å². The van der Waals surface area contributed by atoms with Crippen LogP contribution in [0.25, 0.3) is 0 Å². The van der Waals surface area contributed by atoms with Crippen LogP contribution < -0.4 is 4.74 Å². The van der Waals surface area contributed by atoms with E-state index in [0.717, 1.165) is 0 Å².